The molecule has 2 heterocycles. The molecule has 7 heteroatoms. The predicted octanol–water partition coefficient (Wildman–Crippen LogP) is 4.60. The van der Waals surface area contributed by atoms with Crippen LogP contribution in [0.1, 0.15) is 44.2 Å². The summed E-state index contributed by atoms with van der Waals surface area (Å²) < 4.78 is 1.17. The summed E-state index contributed by atoms with van der Waals surface area (Å²) in [5, 5.41) is 17.6. The van der Waals surface area contributed by atoms with E-state index in [2.05, 4.69) is 16.7 Å². The molecule has 0 radical (unpaired) electrons. The zero-order chi connectivity index (χ0) is 19.8. The van der Waals surface area contributed by atoms with Gasteiger partial charge in [0.2, 0.25) is 5.95 Å². The Kier molecular flexibility index (Phi) is 5.09. The number of aromatic nitrogens is 3. The molecule has 0 aliphatic heterocycles. The number of hydrogen-bond acceptors (Lipinski definition) is 7. The van der Waals surface area contributed by atoms with E-state index in [0.717, 1.165) is 46.9 Å². The molecule has 2 atom stereocenters. The van der Waals surface area contributed by atoms with Gasteiger partial charge in [0.1, 0.15) is 10.8 Å². The molecular weight excluding hydrogens is 382 g/mol. The number of hydrogen-bond donors (Lipinski definition) is 3. The van der Waals surface area contributed by atoms with E-state index < -0.39 is 0 Å². The van der Waals surface area contributed by atoms with Crippen LogP contribution in [0.15, 0.2) is 24.3 Å². The highest BCUT2D eigenvalue weighted by Crippen LogP contribution is 2.38. The number of aryl methyl sites for hydroxylation is 1. The van der Waals surface area contributed by atoms with Crippen molar-refractivity contribution in [2.24, 2.45) is 5.92 Å². The van der Waals surface area contributed by atoms with Gasteiger partial charge >= 0.3 is 0 Å². The second-order valence-electron chi connectivity index (χ2n) is 8.32. The summed E-state index contributed by atoms with van der Waals surface area (Å²) in [6, 6.07) is 9.04. The van der Waals surface area contributed by atoms with Crippen LogP contribution in [0.25, 0.3) is 20.8 Å². The van der Waals surface area contributed by atoms with Gasteiger partial charge in [-0.3, -0.25) is 0 Å². The molecule has 0 bridgehead atoms. The Labute approximate surface area is 174 Å². The molecule has 2 fully saturated rings. The molecule has 2 aromatic heterocycles. The molecule has 0 unspecified atom stereocenters. The van der Waals surface area contributed by atoms with Crippen LogP contribution in [0.4, 0.5) is 11.8 Å². The fourth-order valence-electron chi connectivity index (χ4n) is 4.28. The Morgan fingerprint density at radius 2 is 1.90 bits per heavy atom. The number of aliphatic hydroxyl groups excluding tert-OH is 1. The summed E-state index contributed by atoms with van der Waals surface area (Å²) in [7, 11) is 0. The first-order chi connectivity index (χ1) is 14.2. The summed E-state index contributed by atoms with van der Waals surface area (Å²) in [5.41, 5.74) is 2.95. The van der Waals surface area contributed by atoms with Crippen LogP contribution in [-0.2, 0) is 0 Å². The van der Waals surface area contributed by atoms with Crippen LogP contribution in [0, 0.1) is 12.8 Å². The minimum atomic E-state index is 0.264. The summed E-state index contributed by atoms with van der Waals surface area (Å²) in [5.74, 6) is 1.95. The monoisotopic (exact) mass is 409 g/mol. The maximum absolute atomic E-state index is 9.51. The second kappa shape index (κ2) is 7.88. The van der Waals surface area contributed by atoms with Gasteiger partial charge in [-0.1, -0.05) is 12.1 Å². The summed E-state index contributed by atoms with van der Waals surface area (Å²) >= 11 is 1.69. The van der Waals surface area contributed by atoms with Gasteiger partial charge in [0, 0.05) is 18.7 Å². The lowest BCUT2D eigenvalue weighted by Gasteiger charge is -2.27. The Bertz CT molecular complexity index is 983. The fraction of sp³-hybridized carbons (Fsp3) is 0.500. The molecule has 3 aromatic rings. The SMILES string of the molecule is Cc1nc(NC2CCC2)nc(N[C@H]2CC[C@@H](CO)C2)c1-c1nc2ccccc2s1. The third-order valence-corrected chi connectivity index (χ3v) is 7.23. The maximum atomic E-state index is 9.51. The lowest BCUT2D eigenvalue weighted by Crippen LogP contribution is -2.28. The Morgan fingerprint density at radius 1 is 1.03 bits per heavy atom. The van der Waals surface area contributed by atoms with Gasteiger partial charge in [-0.2, -0.15) is 4.98 Å². The summed E-state index contributed by atoms with van der Waals surface area (Å²) in [6.07, 6.45) is 6.73. The quantitative estimate of drug-likeness (QED) is 0.552. The van der Waals surface area contributed by atoms with Crippen molar-refractivity contribution < 1.29 is 5.11 Å². The molecule has 2 aliphatic carbocycles. The summed E-state index contributed by atoms with van der Waals surface area (Å²) in [4.78, 5) is 14.5. The van der Waals surface area contributed by atoms with E-state index in [1.54, 1.807) is 11.3 Å². The van der Waals surface area contributed by atoms with E-state index in [1.165, 1.54) is 24.0 Å². The second-order valence-corrected chi connectivity index (χ2v) is 9.35. The third kappa shape index (κ3) is 3.81. The van der Waals surface area contributed by atoms with Crippen LogP contribution in [0.5, 0.6) is 0 Å². The molecule has 2 aliphatic rings. The van der Waals surface area contributed by atoms with E-state index in [-0.39, 0.29) is 6.61 Å². The van der Waals surface area contributed by atoms with Crippen molar-refractivity contribution in [3.05, 3.63) is 30.0 Å². The van der Waals surface area contributed by atoms with Crippen LogP contribution in [0.2, 0.25) is 0 Å². The van der Waals surface area contributed by atoms with Gasteiger partial charge in [-0.15, -0.1) is 11.3 Å². The van der Waals surface area contributed by atoms with Gasteiger partial charge in [-0.25, -0.2) is 9.97 Å². The number of fused-ring (bicyclic) bond motifs is 1. The summed E-state index contributed by atoms with van der Waals surface area (Å²) in [6.45, 7) is 2.31. The number of benzene rings is 1. The molecule has 5 rings (SSSR count). The Morgan fingerprint density at radius 3 is 2.62 bits per heavy atom. The molecule has 3 N–H and O–H groups in total. The van der Waals surface area contributed by atoms with Gasteiger partial charge in [-0.05, 0) is 63.5 Å². The number of rotatable bonds is 6. The third-order valence-electron chi connectivity index (χ3n) is 6.18. The minimum absolute atomic E-state index is 0.264. The highest BCUT2D eigenvalue weighted by atomic mass is 32.1. The van der Waals surface area contributed by atoms with E-state index in [9.17, 15) is 5.11 Å². The molecule has 6 nitrogen and oxygen atoms in total. The van der Waals surface area contributed by atoms with Crippen molar-refractivity contribution in [2.75, 3.05) is 17.2 Å². The van der Waals surface area contributed by atoms with Gasteiger partial charge < -0.3 is 15.7 Å². The number of para-hydroxylation sites is 1. The fourth-order valence-corrected chi connectivity index (χ4v) is 5.34. The van der Waals surface area contributed by atoms with Crippen molar-refractivity contribution >= 4 is 33.3 Å². The largest absolute Gasteiger partial charge is 0.396 e. The van der Waals surface area contributed by atoms with E-state index in [4.69, 9.17) is 15.0 Å². The number of aliphatic hydroxyl groups is 1. The smallest absolute Gasteiger partial charge is 0.225 e. The topological polar surface area (TPSA) is 83.0 Å². The van der Waals surface area contributed by atoms with Gasteiger partial charge in [0.05, 0.1) is 21.5 Å². The molecular formula is C22H27N5OS. The average molecular weight is 410 g/mol. The maximum Gasteiger partial charge on any atom is 0.225 e. The molecule has 152 valence electrons. The number of anilines is 2. The highest BCUT2D eigenvalue weighted by Gasteiger charge is 2.27. The number of thiazole rings is 1. The van der Waals surface area contributed by atoms with Gasteiger partial charge in [0.25, 0.3) is 0 Å². The first-order valence-electron chi connectivity index (χ1n) is 10.6. The highest BCUT2D eigenvalue weighted by molar-refractivity contribution is 7.21. The van der Waals surface area contributed by atoms with Crippen LogP contribution in [-0.4, -0.2) is 38.7 Å². The molecule has 1 aromatic carbocycles. The van der Waals surface area contributed by atoms with Crippen molar-refractivity contribution in [2.45, 2.75) is 57.5 Å². The van der Waals surface area contributed by atoms with Crippen LogP contribution < -0.4 is 10.6 Å². The Balaban J connectivity index is 1.52. The number of nitrogens with zero attached hydrogens (tertiary/aromatic N) is 3. The zero-order valence-corrected chi connectivity index (χ0v) is 17.5. The normalized spacial score (nSPS) is 22.0. The molecule has 0 amide bonds. The molecule has 0 saturated heterocycles. The lowest BCUT2D eigenvalue weighted by atomic mass is 9.93. The van der Waals surface area contributed by atoms with Crippen molar-refractivity contribution in [3.8, 4) is 10.6 Å². The van der Waals surface area contributed by atoms with E-state index in [1.807, 2.05) is 25.1 Å². The van der Waals surface area contributed by atoms with Crippen molar-refractivity contribution in [1.82, 2.24) is 15.0 Å². The van der Waals surface area contributed by atoms with Crippen LogP contribution >= 0.6 is 11.3 Å². The van der Waals surface area contributed by atoms with Crippen molar-refractivity contribution in [1.29, 1.82) is 0 Å². The van der Waals surface area contributed by atoms with Crippen LogP contribution in [0.3, 0.4) is 0 Å². The average Bonchev–Trinajstić information content (AvgIpc) is 3.30. The first-order valence-corrected chi connectivity index (χ1v) is 11.4. The zero-order valence-electron chi connectivity index (χ0n) is 16.7. The Hall–Kier alpha value is -2.25. The first kappa shape index (κ1) is 18.8. The molecule has 2 saturated carbocycles. The predicted molar refractivity (Wildman–Crippen MR) is 118 cm³/mol. The van der Waals surface area contributed by atoms with Crippen molar-refractivity contribution in [3.63, 3.8) is 0 Å². The molecule has 0 spiro atoms. The molecule has 29 heavy (non-hydrogen) atoms. The van der Waals surface area contributed by atoms with Gasteiger partial charge in [0.15, 0.2) is 0 Å². The van der Waals surface area contributed by atoms with E-state index in [0.29, 0.717) is 23.9 Å². The minimum Gasteiger partial charge on any atom is -0.396 e. The van der Waals surface area contributed by atoms with E-state index >= 15 is 0 Å². The standard InChI is InChI=1S/C22H27N5OS/c1-13-19(21-26-17-7-2-3-8-18(17)29-21)20(24-16-10-9-14(11-16)12-28)27-22(23-13)25-15-5-4-6-15/h2-3,7-8,14-16,28H,4-6,9-12H2,1H3,(H2,23,24,25,27)/t14-,16+/m1/s1. The number of nitrogens with one attached hydrogen (secondary N) is 2. The lowest BCUT2D eigenvalue weighted by molar-refractivity contribution is 0.229.